The van der Waals surface area contributed by atoms with E-state index in [2.05, 4.69) is 21.1 Å². The summed E-state index contributed by atoms with van der Waals surface area (Å²) in [6.45, 7) is 1.57. The van der Waals surface area contributed by atoms with Crippen molar-refractivity contribution in [2.75, 3.05) is 24.3 Å². The quantitative estimate of drug-likeness (QED) is 0.737. The van der Waals surface area contributed by atoms with E-state index in [1.807, 2.05) is 36.4 Å². The van der Waals surface area contributed by atoms with Crippen LogP contribution in [0.2, 0.25) is 0 Å². The van der Waals surface area contributed by atoms with Crippen LogP contribution in [0.4, 0.5) is 11.4 Å². The van der Waals surface area contributed by atoms with E-state index in [-0.39, 0.29) is 0 Å². The third-order valence-electron chi connectivity index (χ3n) is 4.52. The highest BCUT2D eigenvalue weighted by Crippen LogP contribution is 2.32. The largest absolute Gasteiger partial charge is 0.497 e. The van der Waals surface area contributed by atoms with Crippen LogP contribution >= 0.6 is 0 Å². The fraction of sp³-hybridized carbons (Fsp3) is 0.263. The first-order valence-corrected chi connectivity index (χ1v) is 8.34. The Balaban J connectivity index is 1.55. The second-order valence-corrected chi connectivity index (χ2v) is 6.11. The Hall–Kier alpha value is -3.02. The number of nitrogen functional groups attached to an aromatic ring is 1. The first kappa shape index (κ1) is 15.5. The number of hydrogen-bond acceptors (Lipinski definition) is 6. The molecule has 128 valence electrons. The fourth-order valence-electron chi connectivity index (χ4n) is 3.23. The number of nitrogens with zero attached hydrogens (tertiary/aromatic N) is 3. The van der Waals surface area contributed by atoms with Crippen LogP contribution < -0.4 is 15.4 Å². The summed E-state index contributed by atoms with van der Waals surface area (Å²) in [5.74, 6) is 1.98. The summed E-state index contributed by atoms with van der Waals surface area (Å²) in [5.41, 5.74) is 10.2. The van der Waals surface area contributed by atoms with Gasteiger partial charge in [-0.25, -0.2) is 0 Å². The van der Waals surface area contributed by atoms with Gasteiger partial charge in [-0.3, -0.25) is 0 Å². The molecule has 2 heterocycles. The molecular weight excluding hydrogens is 316 g/mol. The number of nitrogens with two attached hydrogens (primary N) is 1. The summed E-state index contributed by atoms with van der Waals surface area (Å²) < 4.78 is 10.6. The second kappa shape index (κ2) is 6.47. The number of aromatic nitrogens is 2. The van der Waals surface area contributed by atoms with Crippen molar-refractivity contribution in [3.05, 3.63) is 53.9 Å². The van der Waals surface area contributed by atoms with Crippen LogP contribution in [-0.4, -0.2) is 23.8 Å². The minimum atomic E-state index is 0.516. The standard InChI is InChI=1S/C19H20N4O2/c1-24-14-9-7-13(8-10-14)19-21-18(22-25-19)12-23-11-3-4-15-16(20)5-2-6-17(15)23/h2,5-10H,3-4,11-12,20H2,1H3. The van der Waals surface area contributed by atoms with Crippen molar-refractivity contribution in [2.45, 2.75) is 19.4 Å². The van der Waals surface area contributed by atoms with Gasteiger partial charge in [-0.2, -0.15) is 4.98 Å². The molecule has 0 radical (unpaired) electrons. The monoisotopic (exact) mass is 336 g/mol. The van der Waals surface area contributed by atoms with Crippen LogP contribution in [0.3, 0.4) is 0 Å². The zero-order valence-electron chi connectivity index (χ0n) is 14.1. The van der Waals surface area contributed by atoms with E-state index >= 15 is 0 Å². The molecule has 1 aliphatic heterocycles. The van der Waals surface area contributed by atoms with Crippen LogP contribution in [0.5, 0.6) is 5.75 Å². The maximum atomic E-state index is 6.11. The Morgan fingerprint density at radius 3 is 2.84 bits per heavy atom. The summed E-state index contributed by atoms with van der Waals surface area (Å²) in [4.78, 5) is 6.80. The zero-order valence-corrected chi connectivity index (χ0v) is 14.1. The summed E-state index contributed by atoms with van der Waals surface area (Å²) in [6.07, 6.45) is 2.09. The summed E-state index contributed by atoms with van der Waals surface area (Å²) in [6, 6.07) is 13.6. The molecule has 6 nitrogen and oxygen atoms in total. The third kappa shape index (κ3) is 3.03. The van der Waals surface area contributed by atoms with E-state index in [4.69, 9.17) is 15.0 Å². The van der Waals surface area contributed by atoms with Gasteiger partial charge in [0.15, 0.2) is 5.82 Å². The highest BCUT2D eigenvalue weighted by atomic mass is 16.5. The molecule has 0 spiro atoms. The first-order valence-electron chi connectivity index (χ1n) is 8.34. The van der Waals surface area contributed by atoms with Crippen molar-refractivity contribution in [3.8, 4) is 17.2 Å². The van der Waals surface area contributed by atoms with Crippen LogP contribution in [0.25, 0.3) is 11.5 Å². The Kier molecular flexibility index (Phi) is 4.01. The van der Waals surface area contributed by atoms with Crippen molar-refractivity contribution >= 4 is 11.4 Å². The molecule has 2 N–H and O–H groups in total. The Labute approximate surface area is 146 Å². The van der Waals surface area contributed by atoms with Gasteiger partial charge < -0.3 is 19.9 Å². The van der Waals surface area contributed by atoms with Crippen LogP contribution in [0, 0.1) is 0 Å². The first-order chi connectivity index (χ1) is 12.2. The molecular formula is C19H20N4O2. The predicted molar refractivity (Wildman–Crippen MR) is 96.5 cm³/mol. The molecule has 2 aromatic carbocycles. The van der Waals surface area contributed by atoms with Crippen molar-refractivity contribution in [1.82, 2.24) is 10.1 Å². The molecule has 0 fully saturated rings. The lowest BCUT2D eigenvalue weighted by Gasteiger charge is -2.30. The molecule has 0 aliphatic carbocycles. The zero-order chi connectivity index (χ0) is 17.2. The van der Waals surface area contributed by atoms with Gasteiger partial charge in [0.25, 0.3) is 5.89 Å². The van der Waals surface area contributed by atoms with Crippen molar-refractivity contribution < 1.29 is 9.26 Å². The van der Waals surface area contributed by atoms with Gasteiger partial charge in [0.1, 0.15) is 5.75 Å². The molecule has 0 bridgehead atoms. The summed E-state index contributed by atoms with van der Waals surface area (Å²) in [5, 5.41) is 4.13. The fourth-order valence-corrected chi connectivity index (χ4v) is 3.23. The van der Waals surface area contributed by atoms with Crippen LogP contribution in [-0.2, 0) is 13.0 Å². The number of ether oxygens (including phenoxy) is 1. The molecule has 0 saturated heterocycles. The number of benzene rings is 2. The molecule has 3 aromatic rings. The van der Waals surface area contributed by atoms with Gasteiger partial charge in [-0.1, -0.05) is 11.2 Å². The highest BCUT2D eigenvalue weighted by Gasteiger charge is 2.20. The van der Waals surface area contributed by atoms with E-state index in [0.29, 0.717) is 18.3 Å². The van der Waals surface area contributed by atoms with Crippen molar-refractivity contribution in [3.63, 3.8) is 0 Å². The van der Waals surface area contributed by atoms with Gasteiger partial charge >= 0.3 is 0 Å². The lowest BCUT2D eigenvalue weighted by atomic mass is 10.00. The summed E-state index contributed by atoms with van der Waals surface area (Å²) in [7, 11) is 1.64. The van der Waals surface area contributed by atoms with Crippen LogP contribution in [0.1, 0.15) is 17.8 Å². The van der Waals surface area contributed by atoms with Gasteiger partial charge in [0, 0.05) is 23.5 Å². The average molecular weight is 336 g/mol. The summed E-state index contributed by atoms with van der Waals surface area (Å²) >= 11 is 0. The number of fused-ring (bicyclic) bond motifs is 1. The molecule has 25 heavy (non-hydrogen) atoms. The lowest BCUT2D eigenvalue weighted by Crippen LogP contribution is -2.29. The van der Waals surface area contributed by atoms with Crippen LogP contribution in [0.15, 0.2) is 47.0 Å². The van der Waals surface area contributed by atoms with E-state index in [1.165, 1.54) is 11.3 Å². The maximum absolute atomic E-state index is 6.11. The molecule has 6 heteroatoms. The van der Waals surface area contributed by atoms with E-state index in [0.717, 1.165) is 36.4 Å². The van der Waals surface area contributed by atoms with E-state index in [9.17, 15) is 0 Å². The second-order valence-electron chi connectivity index (χ2n) is 6.11. The number of hydrogen-bond donors (Lipinski definition) is 1. The molecule has 0 atom stereocenters. The SMILES string of the molecule is COc1ccc(-c2nc(CN3CCCc4c(N)cccc43)no2)cc1. The normalized spacial score (nSPS) is 13.6. The average Bonchev–Trinajstić information content (AvgIpc) is 3.11. The molecule has 1 aromatic heterocycles. The lowest BCUT2D eigenvalue weighted by molar-refractivity contribution is 0.413. The molecule has 0 amide bonds. The molecule has 0 saturated carbocycles. The Morgan fingerprint density at radius 1 is 1.20 bits per heavy atom. The topological polar surface area (TPSA) is 77.4 Å². The minimum absolute atomic E-state index is 0.516. The van der Waals surface area contributed by atoms with Gasteiger partial charge in [0.05, 0.1) is 13.7 Å². The third-order valence-corrected chi connectivity index (χ3v) is 4.52. The molecule has 0 unspecified atom stereocenters. The van der Waals surface area contributed by atoms with Crippen molar-refractivity contribution in [1.29, 1.82) is 0 Å². The smallest absolute Gasteiger partial charge is 0.257 e. The van der Waals surface area contributed by atoms with Crippen molar-refractivity contribution in [2.24, 2.45) is 0 Å². The maximum Gasteiger partial charge on any atom is 0.257 e. The predicted octanol–water partition coefficient (Wildman–Crippen LogP) is 3.28. The Morgan fingerprint density at radius 2 is 2.04 bits per heavy atom. The molecule has 4 rings (SSSR count). The number of rotatable bonds is 4. The van der Waals surface area contributed by atoms with Gasteiger partial charge in [-0.15, -0.1) is 0 Å². The number of methoxy groups -OCH3 is 1. The Bertz CT molecular complexity index is 873. The van der Waals surface area contributed by atoms with E-state index in [1.54, 1.807) is 7.11 Å². The highest BCUT2D eigenvalue weighted by molar-refractivity contribution is 5.66. The van der Waals surface area contributed by atoms with E-state index < -0.39 is 0 Å². The molecule has 1 aliphatic rings. The van der Waals surface area contributed by atoms with Gasteiger partial charge in [0.2, 0.25) is 0 Å². The van der Waals surface area contributed by atoms with Gasteiger partial charge in [-0.05, 0) is 54.8 Å². The minimum Gasteiger partial charge on any atom is -0.497 e. The number of anilines is 2.